The van der Waals surface area contributed by atoms with Crippen LogP contribution in [0, 0.1) is 0 Å². The minimum atomic E-state index is -0.278. The molecule has 0 saturated heterocycles. The molecule has 0 aliphatic carbocycles. The van der Waals surface area contributed by atoms with E-state index in [-0.39, 0.29) is 30.7 Å². The smallest absolute Gasteiger partial charge is 0.243 e. The summed E-state index contributed by atoms with van der Waals surface area (Å²) in [6, 6.07) is 26.8. The first-order chi connectivity index (χ1) is 14.2. The summed E-state index contributed by atoms with van der Waals surface area (Å²) in [6.45, 7) is -0.0822. The average molecular weight is 388 g/mol. The van der Waals surface area contributed by atoms with Gasteiger partial charge >= 0.3 is 0 Å². The average Bonchev–Trinajstić information content (AvgIpc) is 2.78. The molecule has 0 aromatic heterocycles. The third-order valence-electron chi connectivity index (χ3n) is 4.61. The van der Waals surface area contributed by atoms with E-state index >= 15 is 0 Å². The second-order valence-corrected chi connectivity index (χ2v) is 6.63. The van der Waals surface area contributed by atoms with Gasteiger partial charge in [-0.3, -0.25) is 9.59 Å². The fraction of sp³-hybridized carbons (Fsp3) is 0.167. The SMILES string of the molecule is COc1ccc(NC(=O)CNC(=O)CC(c2ccccc2)c2ccccc2)cc1. The molecule has 0 bridgehead atoms. The van der Waals surface area contributed by atoms with Gasteiger partial charge < -0.3 is 15.4 Å². The van der Waals surface area contributed by atoms with Gasteiger partial charge in [-0.25, -0.2) is 0 Å². The quantitative estimate of drug-likeness (QED) is 0.614. The van der Waals surface area contributed by atoms with Gasteiger partial charge in [-0.2, -0.15) is 0 Å². The Hall–Kier alpha value is -3.60. The highest BCUT2D eigenvalue weighted by Crippen LogP contribution is 2.27. The minimum absolute atomic E-state index is 0.0675. The predicted molar refractivity (Wildman–Crippen MR) is 114 cm³/mol. The molecule has 2 N–H and O–H groups in total. The number of hydrogen-bond acceptors (Lipinski definition) is 3. The molecule has 0 unspecified atom stereocenters. The minimum Gasteiger partial charge on any atom is -0.497 e. The lowest BCUT2D eigenvalue weighted by molar-refractivity contribution is -0.124. The second-order valence-electron chi connectivity index (χ2n) is 6.63. The molecule has 0 atom stereocenters. The maximum absolute atomic E-state index is 12.5. The molecule has 0 heterocycles. The maximum atomic E-state index is 12.5. The van der Waals surface area contributed by atoms with E-state index in [0.29, 0.717) is 11.4 Å². The highest BCUT2D eigenvalue weighted by Gasteiger charge is 2.18. The number of amides is 2. The van der Waals surface area contributed by atoms with Crippen LogP contribution >= 0.6 is 0 Å². The molecule has 0 aliphatic heterocycles. The zero-order valence-electron chi connectivity index (χ0n) is 16.3. The Kier molecular flexibility index (Phi) is 7.00. The lowest BCUT2D eigenvalue weighted by Gasteiger charge is -2.18. The third kappa shape index (κ3) is 5.94. The standard InChI is InChI=1S/C24H24N2O3/c1-29-21-14-12-20(13-15-21)26-24(28)17-25-23(27)16-22(18-8-4-2-5-9-18)19-10-6-3-7-11-19/h2-15,22H,16-17H2,1H3,(H,25,27)(H,26,28). The monoisotopic (exact) mass is 388 g/mol. The van der Waals surface area contributed by atoms with Crippen LogP contribution in [0.25, 0.3) is 0 Å². The Balaban J connectivity index is 1.58. The summed E-state index contributed by atoms with van der Waals surface area (Å²) in [5.74, 6) is 0.193. The van der Waals surface area contributed by atoms with Crippen molar-refractivity contribution in [1.29, 1.82) is 0 Å². The van der Waals surface area contributed by atoms with Crippen LogP contribution in [0.5, 0.6) is 5.75 Å². The van der Waals surface area contributed by atoms with Crippen LogP contribution in [-0.2, 0) is 9.59 Å². The molecule has 3 aromatic carbocycles. The number of rotatable bonds is 8. The van der Waals surface area contributed by atoms with Gasteiger partial charge in [0.25, 0.3) is 0 Å². The number of carbonyl (C=O) groups excluding carboxylic acids is 2. The number of methoxy groups -OCH3 is 1. The molecule has 3 aromatic rings. The molecule has 148 valence electrons. The molecular weight excluding hydrogens is 364 g/mol. The summed E-state index contributed by atoms with van der Waals surface area (Å²) >= 11 is 0. The van der Waals surface area contributed by atoms with Gasteiger partial charge in [0.05, 0.1) is 13.7 Å². The Morgan fingerprint density at radius 3 is 1.86 bits per heavy atom. The van der Waals surface area contributed by atoms with Gasteiger partial charge in [0.15, 0.2) is 0 Å². The Labute approximate surface area is 170 Å². The summed E-state index contributed by atoms with van der Waals surface area (Å²) in [4.78, 5) is 24.7. The fourth-order valence-corrected chi connectivity index (χ4v) is 3.11. The topological polar surface area (TPSA) is 67.4 Å². The van der Waals surface area contributed by atoms with Crippen LogP contribution in [0.1, 0.15) is 23.5 Å². The highest BCUT2D eigenvalue weighted by atomic mass is 16.5. The van der Waals surface area contributed by atoms with Crippen LogP contribution in [0.15, 0.2) is 84.9 Å². The van der Waals surface area contributed by atoms with Crippen molar-refractivity contribution in [2.75, 3.05) is 19.0 Å². The van der Waals surface area contributed by atoms with E-state index in [9.17, 15) is 9.59 Å². The summed E-state index contributed by atoms with van der Waals surface area (Å²) in [5.41, 5.74) is 2.78. The van der Waals surface area contributed by atoms with Crippen molar-refractivity contribution in [3.05, 3.63) is 96.1 Å². The molecule has 5 heteroatoms. The van der Waals surface area contributed by atoms with Crippen molar-refractivity contribution >= 4 is 17.5 Å². The van der Waals surface area contributed by atoms with E-state index in [1.165, 1.54) is 0 Å². The van der Waals surface area contributed by atoms with E-state index in [4.69, 9.17) is 4.74 Å². The lowest BCUT2D eigenvalue weighted by atomic mass is 9.88. The number of hydrogen-bond donors (Lipinski definition) is 2. The van der Waals surface area contributed by atoms with Crippen LogP contribution in [-0.4, -0.2) is 25.5 Å². The van der Waals surface area contributed by atoms with Gasteiger partial charge in [0.2, 0.25) is 11.8 Å². The third-order valence-corrected chi connectivity index (χ3v) is 4.61. The van der Waals surface area contributed by atoms with Gasteiger partial charge in [-0.1, -0.05) is 60.7 Å². The van der Waals surface area contributed by atoms with Gasteiger partial charge in [-0.05, 0) is 35.4 Å². The first kappa shape index (κ1) is 20.1. The van der Waals surface area contributed by atoms with E-state index in [1.807, 2.05) is 60.7 Å². The molecule has 0 fully saturated rings. The summed E-state index contributed by atoms with van der Waals surface area (Å²) in [6.07, 6.45) is 0.268. The van der Waals surface area contributed by atoms with Gasteiger partial charge in [-0.15, -0.1) is 0 Å². The molecule has 0 radical (unpaired) electrons. The maximum Gasteiger partial charge on any atom is 0.243 e. The number of carbonyl (C=O) groups is 2. The van der Waals surface area contributed by atoms with Crippen LogP contribution < -0.4 is 15.4 Å². The van der Waals surface area contributed by atoms with Crippen molar-refractivity contribution in [1.82, 2.24) is 5.32 Å². The summed E-state index contributed by atoms with van der Waals surface area (Å²) in [5, 5.41) is 5.48. The highest BCUT2D eigenvalue weighted by molar-refractivity contribution is 5.94. The Bertz CT molecular complexity index is 886. The zero-order valence-corrected chi connectivity index (χ0v) is 16.3. The second kappa shape index (κ2) is 10.1. The first-order valence-electron chi connectivity index (χ1n) is 9.46. The number of anilines is 1. The van der Waals surface area contributed by atoms with Crippen LogP contribution in [0.3, 0.4) is 0 Å². The van der Waals surface area contributed by atoms with Crippen molar-refractivity contribution < 1.29 is 14.3 Å². The number of benzene rings is 3. The predicted octanol–water partition coefficient (Wildman–Crippen LogP) is 3.97. The summed E-state index contributed by atoms with van der Waals surface area (Å²) in [7, 11) is 1.58. The molecule has 29 heavy (non-hydrogen) atoms. The zero-order chi connectivity index (χ0) is 20.5. The molecule has 0 saturated carbocycles. The largest absolute Gasteiger partial charge is 0.497 e. The Morgan fingerprint density at radius 1 is 0.793 bits per heavy atom. The van der Waals surface area contributed by atoms with E-state index < -0.39 is 0 Å². The summed E-state index contributed by atoms with van der Waals surface area (Å²) < 4.78 is 5.09. The fourth-order valence-electron chi connectivity index (χ4n) is 3.11. The van der Waals surface area contributed by atoms with Crippen LogP contribution in [0.4, 0.5) is 5.69 Å². The van der Waals surface area contributed by atoms with Crippen LogP contribution in [0.2, 0.25) is 0 Å². The van der Waals surface area contributed by atoms with E-state index in [0.717, 1.165) is 11.1 Å². The molecule has 2 amide bonds. The first-order valence-corrected chi connectivity index (χ1v) is 9.46. The lowest BCUT2D eigenvalue weighted by Crippen LogP contribution is -2.33. The molecular formula is C24H24N2O3. The van der Waals surface area contributed by atoms with Crippen molar-refractivity contribution in [2.45, 2.75) is 12.3 Å². The van der Waals surface area contributed by atoms with E-state index in [1.54, 1.807) is 31.4 Å². The number of nitrogens with one attached hydrogen (secondary N) is 2. The number of ether oxygens (including phenoxy) is 1. The molecule has 3 rings (SSSR count). The van der Waals surface area contributed by atoms with Gasteiger partial charge in [0.1, 0.15) is 5.75 Å². The molecule has 5 nitrogen and oxygen atoms in total. The molecule has 0 aliphatic rings. The van der Waals surface area contributed by atoms with E-state index in [2.05, 4.69) is 10.6 Å². The van der Waals surface area contributed by atoms with Crippen molar-refractivity contribution in [2.24, 2.45) is 0 Å². The Morgan fingerprint density at radius 2 is 1.34 bits per heavy atom. The van der Waals surface area contributed by atoms with Gasteiger partial charge in [0, 0.05) is 18.0 Å². The molecule has 0 spiro atoms. The van der Waals surface area contributed by atoms with Crippen molar-refractivity contribution in [3.8, 4) is 5.75 Å². The normalized spacial score (nSPS) is 10.4. The van der Waals surface area contributed by atoms with Crippen molar-refractivity contribution in [3.63, 3.8) is 0 Å².